The third-order valence-corrected chi connectivity index (χ3v) is 3.39. The molecule has 0 aliphatic heterocycles. The average molecular weight is 248 g/mol. The molecule has 0 amide bonds. The van der Waals surface area contributed by atoms with E-state index in [0.717, 1.165) is 24.3 Å². The highest BCUT2D eigenvalue weighted by Crippen LogP contribution is 2.49. The number of ether oxygens (including phenoxy) is 2. The van der Waals surface area contributed by atoms with Crippen molar-refractivity contribution in [1.82, 2.24) is 0 Å². The number of Topliss-reactive ketones (excluding diaryl/α,β-unsaturated/α-hetero) is 1. The molecule has 1 aromatic carbocycles. The second-order valence-corrected chi connectivity index (χ2v) is 4.82. The van der Waals surface area contributed by atoms with Crippen molar-refractivity contribution in [2.24, 2.45) is 5.92 Å². The van der Waals surface area contributed by atoms with Crippen LogP contribution in [0.3, 0.4) is 0 Å². The predicted molar refractivity (Wildman–Crippen MR) is 70.3 cm³/mol. The molecule has 0 N–H and O–H groups in total. The Hall–Kier alpha value is -1.51. The monoisotopic (exact) mass is 248 g/mol. The highest BCUT2D eigenvalue weighted by atomic mass is 16.5. The largest absolute Gasteiger partial charge is 0.493 e. The Bertz CT molecular complexity index is 439. The Morgan fingerprint density at radius 2 is 2.17 bits per heavy atom. The van der Waals surface area contributed by atoms with E-state index in [9.17, 15) is 4.79 Å². The lowest BCUT2D eigenvalue weighted by Gasteiger charge is -2.11. The van der Waals surface area contributed by atoms with Crippen LogP contribution in [0.25, 0.3) is 0 Å². The fourth-order valence-corrected chi connectivity index (χ4v) is 2.26. The van der Waals surface area contributed by atoms with E-state index < -0.39 is 0 Å². The summed E-state index contributed by atoms with van der Waals surface area (Å²) >= 11 is 0. The Kier molecular flexibility index (Phi) is 3.90. The first kappa shape index (κ1) is 12.9. The second kappa shape index (κ2) is 5.42. The van der Waals surface area contributed by atoms with Crippen molar-refractivity contribution in [3.63, 3.8) is 0 Å². The number of rotatable bonds is 6. The van der Waals surface area contributed by atoms with Crippen LogP contribution in [-0.2, 0) is 4.79 Å². The van der Waals surface area contributed by atoms with E-state index in [1.54, 1.807) is 14.0 Å². The quantitative estimate of drug-likeness (QED) is 0.775. The molecule has 1 aliphatic rings. The van der Waals surface area contributed by atoms with Gasteiger partial charge in [0.2, 0.25) is 0 Å². The van der Waals surface area contributed by atoms with Crippen LogP contribution in [0.15, 0.2) is 18.2 Å². The number of ketones is 1. The molecule has 0 radical (unpaired) electrons. The van der Waals surface area contributed by atoms with E-state index in [-0.39, 0.29) is 11.7 Å². The van der Waals surface area contributed by atoms with Crippen molar-refractivity contribution in [3.05, 3.63) is 23.8 Å². The van der Waals surface area contributed by atoms with E-state index >= 15 is 0 Å². The summed E-state index contributed by atoms with van der Waals surface area (Å²) < 4.78 is 11.0. The number of carbonyl (C=O) groups is 1. The zero-order chi connectivity index (χ0) is 13.1. The summed E-state index contributed by atoms with van der Waals surface area (Å²) in [5.74, 6) is 2.40. The minimum Gasteiger partial charge on any atom is -0.493 e. The molecule has 0 spiro atoms. The molecular weight excluding hydrogens is 228 g/mol. The molecular formula is C15H20O3. The van der Waals surface area contributed by atoms with Crippen LogP contribution in [-0.4, -0.2) is 19.5 Å². The van der Waals surface area contributed by atoms with Gasteiger partial charge in [0.15, 0.2) is 11.5 Å². The SMILES string of the molecule is CCCOc1ccc(C2CC2C(C)=O)cc1OC. The smallest absolute Gasteiger partial charge is 0.161 e. The molecule has 18 heavy (non-hydrogen) atoms. The summed E-state index contributed by atoms with van der Waals surface area (Å²) in [6.07, 6.45) is 1.94. The van der Waals surface area contributed by atoms with Gasteiger partial charge in [0.25, 0.3) is 0 Å². The number of benzene rings is 1. The third-order valence-electron chi connectivity index (χ3n) is 3.39. The van der Waals surface area contributed by atoms with Gasteiger partial charge in [0.05, 0.1) is 13.7 Å². The third kappa shape index (κ3) is 2.66. The molecule has 0 aromatic heterocycles. The lowest BCUT2D eigenvalue weighted by molar-refractivity contribution is -0.118. The molecule has 2 unspecified atom stereocenters. The molecule has 3 heteroatoms. The molecule has 1 saturated carbocycles. The zero-order valence-electron chi connectivity index (χ0n) is 11.2. The fraction of sp³-hybridized carbons (Fsp3) is 0.533. The van der Waals surface area contributed by atoms with Crippen LogP contribution >= 0.6 is 0 Å². The van der Waals surface area contributed by atoms with Crippen LogP contribution in [0.1, 0.15) is 38.2 Å². The van der Waals surface area contributed by atoms with Crippen molar-refractivity contribution in [1.29, 1.82) is 0 Å². The minimum absolute atomic E-state index is 0.206. The molecule has 2 rings (SSSR count). The zero-order valence-corrected chi connectivity index (χ0v) is 11.2. The van der Waals surface area contributed by atoms with Gasteiger partial charge in [0.1, 0.15) is 5.78 Å². The summed E-state index contributed by atoms with van der Waals surface area (Å²) in [5, 5.41) is 0. The van der Waals surface area contributed by atoms with Crippen molar-refractivity contribution < 1.29 is 14.3 Å². The van der Waals surface area contributed by atoms with Gasteiger partial charge >= 0.3 is 0 Å². The topological polar surface area (TPSA) is 35.5 Å². The van der Waals surface area contributed by atoms with Crippen LogP contribution in [0.4, 0.5) is 0 Å². The minimum atomic E-state index is 0.206. The van der Waals surface area contributed by atoms with Gasteiger partial charge in [-0.25, -0.2) is 0 Å². The van der Waals surface area contributed by atoms with Crippen LogP contribution in [0, 0.1) is 5.92 Å². The Labute approximate surface area is 108 Å². The predicted octanol–water partition coefficient (Wildman–Crippen LogP) is 3.18. The second-order valence-electron chi connectivity index (χ2n) is 4.82. The molecule has 2 atom stereocenters. The van der Waals surface area contributed by atoms with E-state index in [1.807, 2.05) is 18.2 Å². The summed E-state index contributed by atoms with van der Waals surface area (Å²) in [4.78, 5) is 11.3. The maximum atomic E-state index is 11.3. The maximum absolute atomic E-state index is 11.3. The molecule has 3 nitrogen and oxygen atoms in total. The first-order valence-corrected chi connectivity index (χ1v) is 6.48. The highest BCUT2D eigenvalue weighted by molar-refractivity contribution is 5.82. The molecule has 1 fully saturated rings. The Morgan fingerprint density at radius 1 is 1.39 bits per heavy atom. The van der Waals surface area contributed by atoms with Gasteiger partial charge in [-0.05, 0) is 43.4 Å². The molecule has 1 aliphatic carbocycles. The summed E-state index contributed by atoms with van der Waals surface area (Å²) in [6.45, 7) is 4.43. The number of hydrogen-bond donors (Lipinski definition) is 0. The lowest BCUT2D eigenvalue weighted by Crippen LogP contribution is -1.99. The highest BCUT2D eigenvalue weighted by Gasteiger charge is 2.41. The normalized spacial score (nSPS) is 21.5. The van der Waals surface area contributed by atoms with Gasteiger partial charge in [-0.15, -0.1) is 0 Å². The average Bonchev–Trinajstić information content (AvgIpc) is 3.16. The molecule has 0 bridgehead atoms. The number of methoxy groups -OCH3 is 1. The van der Waals surface area contributed by atoms with E-state index in [2.05, 4.69) is 6.92 Å². The van der Waals surface area contributed by atoms with E-state index in [1.165, 1.54) is 5.56 Å². The van der Waals surface area contributed by atoms with Gasteiger partial charge < -0.3 is 9.47 Å². The van der Waals surface area contributed by atoms with Crippen molar-refractivity contribution in [2.45, 2.75) is 32.6 Å². The maximum Gasteiger partial charge on any atom is 0.161 e. The molecule has 0 heterocycles. The summed E-state index contributed by atoms with van der Waals surface area (Å²) in [6, 6.07) is 5.99. The fourth-order valence-electron chi connectivity index (χ4n) is 2.26. The Morgan fingerprint density at radius 3 is 2.72 bits per heavy atom. The Balaban J connectivity index is 2.13. The van der Waals surface area contributed by atoms with Gasteiger partial charge in [-0.1, -0.05) is 13.0 Å². The van der Waals surface area contributed by atoms with E-state index in [0.29, 0.717) is 12.5 Å². The van der Waals surface area contributed by atoms with Gasteiger partial charge in [-0.2, -0.15) is 0 Å². The summed E-state index contributed by atoms with van der Waals surface area (Å²) in [5.41, 5.74) is 1.18. The number of carbonyl (C=O) groups excluding carboxylic acids is 1. The van der Waals surface area contributed by atoms with Gasteiger partial charge in [0, 0.05) is 5.92 Å². The standard InChI is InChI=1S/C15H20O3/c1-4-7-18-14-6-5-11(8-15(14)17-3)13-9-12(13)10(2)16/h5-6,8,12-13H,4,7,9H2,1-3H3. The van der Waals surface area contributed by atoms with E-state index in [4.69, 9.17) is 9.47 Å². The van der Waals surface area contributed by atoms with Crippen molar-refractivity contribution in [3.8, 4) is 11.5 Å². The van der Waals surface area contributed by atoms with Gasteiger partial charge in [-0.3, -0.25) is 4.79 Å². The van der Waals surface area contributed by atoms with Crippen LogP contribution in [0.5, 0.6) is 11.5 Å². The van der Waals surface area contributed by atoms with Crippen molar-refractivity contribution >= 4 is 5.78 Å². The molecule has 0 saturated heterocycles. The van der Waals surface area contributed by atoms with Crippen LogP contribution in [0.2, 0.25) is 0 Å². The number of hydrogen-bond acceptors (Lipinski definition) is 3. The molecule has 98 valence electrons. The first-order valence-electron chi connectivity index (χ1n) is 6.48. The van der Waals surface area contributed by atoms with Crippen molar-refractivity contribution in [2.75, 3.05) is 13.7 Å². The lowest BCUT2D eigenvalue weighted by atomic mass is 10.1. The molecule has 1 aromatic rings. The summed E-state index contributed by atoms with van der Waals surface area (Å²) in [7, 11) is 1.65. The van der Waals surface area contributed by atoms with Crippen LogP contribution < -0.4 is 9.47 Å². The first-order chi connectivity index (χ1) is 8.67.